The van der Waals surface area contributed by atoms with E-state index in [2.05, 4.69) is 39.0 Å². The number of rotatable bonds is 9. The predicted octanol–water partition coefficient (Wildman–Crippen LogP) is 3.76. The summed E-state index contributed by atoms with van der Waals surface area (Å²) in [7, 11) is 1.64. The number of nitrogens with zero attached hydrogens (tertiary/aromatic N) is 4. The molecule has 1 unspecified atom stereocenters. The third-order valence-electron chi connectivity index (χ3n) is 5.13. The maximum Gasteiger partial charge on any atom is 0.224 e. The van der Waals surface area contributed by atoms with Crippen molar-refractivity contribution in [2.24, 2.45) is 5.92 Å². The summed E-state index contributed by atoms with van der Waals surface area (Å²) >= 11 is 0. The summed E-state index contributed by atoms with van der Waals surface area (Å²) in [5, 5.41) is 0. The lowest BCUT2D eigenvalue weighted by Gasteiger charge is -2.11. The molecule has 1 fully saturated rings. The van der Waals surface area contributed by atoms with E-state index in [0.29, 0.717) is 49.2 Å². The van der Waals surface area contributed by atoms with Crippen LogP contribution >= 0.6 is 0 Å². The molecule has 3 aromatic heterocycles. The molecule has 2 atom stereocenters. The van der Waals surface area contributed by atoms with Crippen molar-refractivity contribution in [3.8, 4) is 22.9 Å². The summed E-state index contributed by atoms with van der Waals surface area (Å²) in [5.41, 5.74) is 4.03. The molecule has 156 valence electrons. The fourth-order valence-corrected chi connectivity index (χ4v) is 3.29. The fraction of sp³-hybridized carbons (Fsp3) is 0.391. The summed E-state index contributed by atoms with van der Waals surface area (Å²) in [6.45, 7) is 5.50. The lowest BCUT2D eigenvalue weighted by Crippen LogP contribution is -2.06. The minimum Gasteiger partial charge on any atom is -0.477 e. The van der Waals surface area contributed by atoms with Crippen LogP contribution in [0.3, 0.4) is 0 Å². The largest absolute Gasteiger partial charge is 0.477 e. The van der Waals surface area contributed by atoms with Gasteiger partial charge in [0.05, 0.1) is 18.8 Å². The highest BCUT2D eigenvalue weighted by atomic mass is 16.5. The first kappa shape index (κ1) is 20.2. The van der Waals surface area contributed by atoms with Gasteiger partial charge in [-0.2, -0.15) is 4.98 Å². The standard InChI is InChI=1S/C23H26N4O3/c1-15-4-6-21(25-11-15)19-10-18(19)14-30-23-20(13-24-16(2)27-23)17-5-7-22(26-12-17)29-9-8-28-3/h4-7,11-13,18-19H,8-10,14H2,1-3H3/t18?,19-/m1/s1. The Kier molecular flexibility index (Phi) is 6.18. The molecule has 0 saturated heterocycles. The maximum absolute atomic E-state index is 6.13. The summed E-state index contributed by atoms with van der Waals surface area (Å²) < 4.78 is 16.6. The lowest BCUT2D eigenvalue weighted by atomic mass is 10.1. The van der Waals surface area contributed by atoms with Gasteiger partial charge in [-0.25, -0.2) is 9.97 Å². The summed E-state index contributed by atoms with van der Waals surface area (Å²) in [5.74, 6) is 2.73. The number of aryl methyl sites for hydroxylation is 2. The van der Waals surface area contributed by atoms with Crippen LogP contribution in [0.4, 0.5) is 0 Å². The summed E-state index contributed by atoms with van der Waals surface area (Å²) in [4.78, 5) is 17.8. The number of aromatic nitrogens is 4. The van der Waals surface area contributed by atoms with Gasteiger partial charge in [0, 0.05) is 54.9 Å². The number of pyridine rings is 2. The number of ether oxygens (including phenoxy) is 3. The number of hydrogen-bond donors (Lipinski definition) is 0. The van der Waals surface area contributed by atoms with Gasteiger partial charge >= 0.3 is 0 Å². The van der Waals surface area contributed by atoms with Crippen LogP contribution in [-0.4, -0.2) is 46.9 Å². The van der Waals surface area contributed by atoms with E-state index in [1.54, 1.807) is 19.5 Å². The van der Waals surface area contributed by atoms with E-state index >= 15 is 0 Å². The Labute approximate surface area is 176 Å². The summed E-state index contributed by atoms with van der Waals surface area (Å²) in [6.07, 6.45) is 6.54. The highest BCUT2D eigenvalue weighted by Gasteiger charge is 2.40. The second kappa shape index (κ2) is 9.17. The molecule has 1 aliphatic carbocycles. The Bertz CT molecular complexity index is 977. The van der Waals surface area contributed by atoms with Crippen LogP contribution in [-0.2, 0) is 4.74 Å². The van der Waals surface area contributed by atoms with E-state index in [1.165, 1.54) is 5.56 Å². The lowest BCUT2D eigenvalue weighted by molar-refractivity contribution is 0.144. The SMILES string of the molecule is COCCOc1ccc(-c2cnc(C)nc2OCC2C[C@H]2c2ccc(C)cn2)cn1. The van der Waals surface area contributed by atoms with Gasteiger partial charge < -0.3 is 14.2 Å². The minimum absolute atomic E-state index is 0.456. The number of methoxy groups -OCH3 is 1. The minimum atomic E-state index is 0.456. The molecule has 1 saturated carbocycles. The Morgan fingerprint density at radius 2 is 1.83 bits per heavy atom. The molecular weight excluding hydrogens is 380 g/mol. The van der Waals surface area contributed by atoms with Gasteiger partial charge in [-0.3, -0.25) is 4.98 Å². The van der Waals surface area contributed by atoms with Crippen molar-refractivity contribution in [1.82, 2.24) is 19.9 Å². The Morgan fingerprint density at radius 1 is 0.933 bits per heavy atom. The van der Waals surface area contributed by atoms with E-state index in [1.807, 2.05) is 25.3 Å². The molecule has 1 aliphatic rings. The van der Waals surface area contributed by atoms with Crippen molar-refractivity contribution in [2.75, 3.05) is 26.9 Å². The first-order valence-electron chi connectivity index (χ1n) is 10.1. The second-order valence-corrected chi connectivity index (χ2v) is 7.54. The smallest absolute Gasteiger partial charge is 0.224 e. The molecule has 0 radical (unpaired) electrons. The van der Waals surface area contributed by atoms with Gasteiger partial charge in [0.2, 0.25) is 11.8 Å². The van der Waals surface area contributed by atoms with Crippen molar-refractivity contribution in [3.63, 3.8) is 0 Å². The Hall–Kier alpha value is -3.06. The molecule has 0 N–H and O–H groups in total. The van der Waals surface area contributed by atoms with Gasteiger partial charge in [-0.15, -0.1) is 0 Å². The molecule has 3 aromatic rings. The van der Waals surface area contributed by atoms with Crippen LogP contribution in [0.25, 0.3) is 11.1 Å². The van der Waals surface area contributed by atoms with Gasteiger partial charge in [-0.1, -0.05) is 6.07 Å². The fourth-order valence-electron chi connectivity index (χ4n) is 3.29. The zero-order chi connectivity index (χ0) is 20.9. The first-order valence-corrected chi connectivity index (χ1v) is 10.1. The molecule has 0 amide bonds. The van der Waals surface area contributed by atoms with Gasteiger partial charge in [0.1, 0.15) is 12.4 Å². The van der Waals surface area contributed by atoms with Crippen LogP contribution in [0.2, 0.25) is 0 Å². The highest BCUT2D eigenvalue weighted by Crippen LogP contribution is 2.47. The van der Waals surface area contributed by atoms with E-state index in [-0.39, 0.29) is 0 Å². The molecule has 7 heteroatoms. The molecule has 4 rings (SSSR count). The van der Waals surface area contributed by atoms with Crippen LogP contribution in [0, 0.1) is 19.8 Å². The average Bonchev–Trinajstić information content (AvgIpc) is 3.53. The van der Waals surface area contributed by atoms with Gasteiger partial charge in [-0.05, 0) is 38.0 Å². The van der Waals surface area contributed by atoms with Gasteiger partial charge in [0.25, 0.3) is 0 Å². The van der Waals surface area contributed by atoms with Crippen molar-refractivity contribution in [2.45, 2.75) is 26.2 Å². The third-order valence-corrected chi connectivity index (χ3v) is 5.13. The summed E-state index contributed by atoms with van der Waals surface area (Å²) in [6, 6.07) is 7.99. The van der Waals surface area contributed by atoms with Crippen molar-refractivity contribution in [1.29, 1.82) is 0 Å². The maximum atomic E-state index is 6.13. The molecule has 7 nitrogen and oxygen atoms in total. The highest BCUT2D eigenvalue weighted by molar-refractivity contribution is 5.67. The Morgan fingerprint density at radius 3 is 2.57 bits per heavy atom. The quantitative estimate of drug-likeness (QED) is 0.501. The monoisotopic (exact) mass is 406 g/mol. The topological polar surface area (TPSA) is 79.2 Å². The van der Waals surface area contributed by atoms with E-state index in [0.717, 1.165) is 23.2 Å². The van der Waals surface area contributed by atoms with Crippen LogP contribution < -0.4 is 9.47 Å². The van der Waals surface area contributed by atoms with E-state index in [4.69, 9.17) is 14.2 Å². The van der Waals surface area contributed by atoms with E-state index < -0.39 is 0 Å². The molecule has 0 aliphatic heterocycles. The number of hydrogen-bond acceptors (Lipinski definition) is 7. The third kappa shape index (κ3) is 4.91. The van der Waals surface area contributed by atoms with E-state index in [9.17, 15) is 0 Å². The van der Waals surface area contributed by atoms with Crippen LogP contribution in [0.15, 0.2) is 42.9 Å². The molecule has 0 bridgehead atoms. The average molecular weight is 406 g/mol. The van der Waals surface area contributed by atoms with Crippen molar-refractivity contribution in [3.05, 3.63) is 59.9 Å². The van der Waals surface area contributed by atoms with Crippen molar-refractivity contribution >= 4 is 0 Å². The van der Waals surface area contributed by atoms with Crippen LogP contribution in [0.1, 0.15) is 29.4 Å². The van der Waals surface area contributed by atoms with Crippen molar-refractivity contribution < 1.29 is 14.2 Å². The molecule has 0 spiro atoms. The molecule has 0 aromatic carbocycles. The zero-order valence-electron chi connectivity index (χ0n) is 17.5. The Balaban J connectivity index is 1.42. The first-order chi connectivity index (χ1) is 14.6. The molecule has 30 heavy (non-hydrogen) atoms. The van der Waals surface area contributed by atoms with Gasteiger partial charge in [0.15, 0.2) is 0 Å². The molecule has 3 heterocycles. The predicted molar refractivity (Wildman–Crippen MR) is 113 cm³/mol. The van der Waals surface area contributed by atoms with Crippen LogP contribution in [0.5, 0.6) is 11.8 Å². The second-order valence-electron chi connectivity index (χ2n) is 7.54. The molecular formula is C23H26N4O3. The normalized spacial score (nSPS) is 17.6. The zero-order valence-corrected chi connectivity index (χ0v) is 17.5.